The highest BCUT2D eigenvalue weighted by Gasteiger charge is 2.10. The molecule has 0 radical (unpaired) electrons. The Labute approximate surface area is 102 Å². The zero-order chi connectivity index (χ0) is 12.7. The molecular formula is C14H18FNO. The average molecular weight is 235 g/mol. The summed E-state index contributed by atoms with van der Waals surface area (Å²) in [6, 6.07) is 4.74. The number of benzene rings is 1. The molecule has 0 saturated heterocycles. The maximum atomic E-state index is 13.2. The highest BCUT2D eigenvalue weighted by molar-refractivity contribution is 5.36. The number of hydrogen-bond donors (Lipinski definition) is 1. The van der Waals surface area contributed by atoms with Crippen molar-refractivity contribution in [3.05, 3.63) is 29.6 Å². The third-order valence-corrected chi connectivity index (χ3v) is 2.54. The second kappa shape index (κ2) is 6.93. The Morgan fingerprint density at radius 1 is 1.47 bits per heavy atom. The van der Waals surface area contributed by atoms with Crippen LogP contribution in [0, 0.1) is 17.7 Å². The fraction of sp³-hybridized carbons (Fsp3) is 0.429. The van der Waals surface area contributed by atoms with E-state index in [0.29, 0.717) is 18.8 Å². The van der Waals surface area contributed by atoms with Gasteiger partial charge in [0.15, 0.2) is 0 Å². The van der Waals surface area contributed by atoms with Crippen LogP contribution in [0.5, 0.6) is 5.75 Å². The van der Waals surface area contributed by atoms with Crippen LogP contribution in [0.25, 0.3) is 0 Å². The van der Waals surface area contributed by atoms with E-state index in [2.05, 4.69) is 17.2 Å². The van der Waals surface area contributed by atoms with Gasteiger partial charge in [-0.1, -0.05) is 6.07 Å². The van der Waals surface area contributed by atoms with Gasteiger partial charge in [-0.3, -0.25) is 0 Å². The SMILES string of the molecule is CC#CCCOc1cc(F)ccc1C(C)NC. The molecule has 0 aliphatic carbocycles. The van der Waals surface area contributed by atoms with Gasteiger partial charge < -0.3 is 10.1 Å². The van der Waals surface area contributed by atoms with Gasteiger partial charge in [-0.15, -0.1) is 11.8 Å². The lowest BCUT2D eigenvalue weighted by Gasteiger charge is -2.16. The summed E-state index contributed by atoms with van der Waals surface area (Å²) in [6.45, 7) is 4.27. The first kappa shape index (κ1) is 13.5. The van der Waals surface area contributed by atoms with E-state index in [0.717, 1.165) is 5.56 Å². The molecule has 0 spiro atoms. The lowest BCUT2D eigenvalue weighted by atomic mass is 10.1. The molecule has 2 nitrogen and oxygen atoms in total. The van der Waals surface area contributed by atoms with E-state index >= 15 is 0 Å². The maximum absolute atomic E-state index is 13.2. The molecule has 92 valence electrons. The predicted molar refractivity (Wildman–Crippen MR) is 67.4 cm³/mol. The molecule has 17 heavy (non-hydrogen) atoms. The van der Waals surface area contributed by atoms with Crippen molar-refractivity contribution >= 4 is 0 Å². The number of halogens is 1. The summed E-state index contributed by atoms with van der Waals surface area (Å²) in [6.07, 6.45) is 0.653. The molecule has 0 fully saturated rings. The van der Waals surface area contributed by atoms with Crippen LogP contribution in [-0.2, 0) is 0 Å². The molecule has 0 amide bonds. The van der Waals surface area contributed by atoms with Crippen molar-refractivity contribution < 1.29 is 9.13 Å². The largest absolute Gasteiger partial charge is 0.492 e. The van der Waals surface area contributed by atoms with E-state index in [4.69, 9.17) is 4.74 Å². The van der Waals surface area contributed by atoms with Crippen LogP contribution in [0.1, 0.15) is 31.9 Å². The van der Waals surface area contributed by atoms with Crippen LogP contribution in [-0.4, -0.2) is 13.7 Å². The Balaban J connectivity index is 2.78. The standard InChI is InChI=1S/C14H18FNO/c1-4-5-6-9-17-14-10-12(15)7-8-13(14)11(2)16-3/h7-8,10-11,16H,6,9H2,1-3H3. The average Bonchev–Trinajstić information content (AvgIpc) is 2.34. The van der Waals surface area contributed by atoms with Crippen LogP contribution >= 0.6 is 0 Å². The van der Waals surface area contributed by atoms with E-state index < -0.39 is 0 Å². The Kier molecular flexibility index (Phi) is 5.51. The molecule has 0 bridgehead atoms. The van der Waals surface area contributed by atoms with Crippen LogP contribution in [0.4, 0.5) is 4.39 Å². The zero-order valence-corrected chi connectivity index (χ0v) is 10.5. The van der Waals surface area contributed by atoms with Gasteiger partial charge in [0, 0.05) is 24.1 Å². The van der Waals surface area contributed by atoms with Crippen molar-refractivity contribution in [2.75, 3.05) is 13.7 Å². The molecule has 1 aromatic rings. The molecule has 0 aliphatic rings. The Bertz CT molecular complexity index is 420. The predicted octanol–water partition coefficient (Wildman–Crippen LogP) is 2.90. The molecule has 3 heteroatoms. The number of nitrogens with one attached hydrogen (secondary N) is 1. The molecule has 0 heterocycles. The summed E-state index contributed by atoms with van der Waals surface area (Å²) in [5, 5.41) is 3.11. The fourth-order valence-electron chi connectivity index (χ4n) is 1.48. The minimum Gasteiger partial charge on any atom is -0.492 e. The third kappa shape index (κ3) is 4.08. The van der Waals surface area contributed by atoms with Crippen LogP contribution in [0.2, 0.25) is 0 Å². The molecule has 1 unspecified atom stereocenters. The van der Waals surface area contributed by atoms with Crippen molar-refractivity contribution in [1.29, 1.82) is 0 Å². The Hall–Kier alpha value is -1.53. The minimum absolute atomic E-state index is 0.128. The van der Waals surface area contributed by atoms with E-state index in [-0.39, 0.29) is 11.9 Å². The first-order valence-electron chi connectivity index (χ1n) is 5.68. The number of rotatable bonds is 5. The molecular weight excluding hydrogens is 217 g/mol. The minimum atomic E-state index is -0.284. The maximum Gasteiger partial charge on any atom is 0.127 e. The highest BCUT2D eigenvalue weighted by atomic mass is 19.1. The smallest absolute Gasteiger partial charge is 0.127 e. The summed E-state index contributed by atoms with van der Waals surface area (Å²) >= 11 is 0. The molecule has 1 rings (SSSR count). The van der Waals surface area contributed by atoms with Crippen LogP contribution < -0.4 is 10.1 Å². The number of ether oxygens (including phenoxy) is 1. The third-order valence-electron chi connectivity index (χ3n) is 2.54. The van der Waals surface area contributed by atoms with E-state index in [1.54, 1.807) is 13.0 Å². The van der Waals surface area contributed by atoms with Crippen molar-refractivity contribution in [3.63, 3.8) is 0 Å². The van der Waals surface area contributed by atoms with Gasteiger partial charge in [-0.05, 0) is 27.0 Å². The van der Waals surface area contributed by atoms with Crippen molar-refractivity contribution in [2.24, 2.45) is 0 Å². The monoisotopic (exact) mass is 235 g/mol. The van der Waals surface area contributed by atoms with E-state index in [1.807, 2.05) is 14.0 Å². The first-order chi connectivity index (χ1) is 8.19. The molecule has 0 aromatic heterocycles. The van der Waals surface area contributed by atoms with Crippen molar-refractivity contribution in [3.8, 4) is 17.6 Å². The van der Waals surface area contributed by atoms with Crippen molar-refractivity contribution in [2.45, 2.75) is 26.3 Å². The zero-order valence-electron chi connectivity index (χ0n) is 10.5. The highest BCUT2D eigenvalue weighted by Crippen LogP contribution is 2.25. The number of hydrogen-bond acceptors (Lipinski definition) is 2. The molecule has 0 saturated carbocycles. The lowest BCUT2D eigenvalue weighted by Crippen LogP contribution is -2.14. The molecule has 1 atom stereocenters. The summed E-state index contributed by atoms with van der Waals surface area (Å²) < 4.78 is 18.7. The van der Waals surface area contributed by atoms with Gasteiger partial charge in [-0.25, -0.2) is 4.39 Å². The molecule has 0 aliphatic heterocycles. The van der Waals surface area contributed by atoms with E-state index in [9.17, 15) is 4.39 Å². The van der Waals surface area contributed by atoms with Crippen LogP contribution in [0.3, 0.4) is 0 Å². The summed E-state index contributed by atoms with van der Waals surface area (Å²) in [5.74, 6) is 6.01. The van der Waals surface area contributed by atoms with Gasteiger partial charge in [0.05, 0.1) is 6.61 Å². The summed E-state index contributed by atoms with van der Waals surface area (Å²) in [5.41, 5.74) is 0.957. The van der Waals surface area contributed by atoms with Gasteiger partial charge in [0.2, 0.25) is 0 Å². The first-order valence-corrected chi connectivity index (χ1v) is 5.68. The van der Waals surface area contributed by atoms with Crippen LogP contribution in [0.15, 0.2) is 18.2 Å². The topological polar surface area (TPSA) is 21.3 Å². The second-order valence-corrected chi connectivity index (χ2v) is 3.72. The van der Waals surface area contributed by atoms with Gasteiger partial charge in [0.25, 0.3) is 0 Å². The van der Waals surface area contributed by atoms with Gasteiger partial charge in [0.1, 0.15) is 11.6 Å². The summed E-state index contributed by atoms with van der Waals surface area (Å²) in [7, 11) is 1.86. The summed E-state index contributed by atoms with van der Waals surface area (Å²) in [4.78, 5) is 0. The normalized spacial score (nSPS) is 11.5. The van der Waals surface area contributed by atoms with E-state index in [1.165, 1.54) is 12.1 Å². The molecule has 1 N–H and O–H groups in total. The Morgan fingerprint density at radius 3 is 2.88 bits per heavy atom. The fourth-order valence-corrected chi connectivity index (χ4v) is 1.48. The van der Waals surface area contributed by atoms with Gasteiger partial charge in [-0.2, -0.15) is 0 Å². The van der Waals surface area contributed by atoms with Gasteiger partial charge >= 0.3 is 0 Å². The molecule has 1 aromatic carbocycles. The Morgan fingerprint density at radius 2 is 2.24 bits per heavy atom. The van der Waals surface area contributed by atoms with Crippen molar-refractivity contribution in [1.82, 2.24) is 5.32 Å². The lowest BCUT2D eigenvalue weighted by molar-refractivity contribution is 0.319. The second-order valence-electron chi connectivity index (χ2n) is 3.72. The quantitative estimate of drug-likeness (QED) is 0.626.